The molecular formula is C19H15ClIN3O3. The molecule has 0 bridgehead atoms. The number of rotatable bonds is 5. The smallest absolute Gasteiger partial charge is 0.321 e. The Morgan fingerprint density at radius 3 is 2.70 bits per heavy atom. The fourth-order valence-electron chi connectivity index (χ4n) is 2.41. The minimum atomic E-state index is -0.582. The predicted octanol–water partition coefficient (Wildman–Crippen LogP) is 3.90. The molecule has 8 heteroatoms. The second kappa shape index (κ2) is 9.01. The molecule has 6 nitrogen and oxygen atoms in total. The molecule has 0 radical (unpaired) electrons. The van der Waals surface area contributed by atoms with Crippen molar-refractivity contribution in [1.29, 1.82) is 0 Å². The summed E-state index contributed by atoms with van der Waals surface area (Å²) in [6.07, 6.45) is 1.62. The lowest BCUT2D eigenvalue weighted by Crippen LogP contribution is -2.41. The van der Waals surface area contributed by atoms with Crippen LogP contribution in [0.5, 0.6) is 5.75 Å². The number of aromatic nitrogens is 1. The molecule has 3 aromatic rings. The first-order valence-corrected chi connectivity index (χ1v) is 9.47. The van der Waals surface area contributed by atoms with E-state index in [4.69, 9.17) is 16.3 Å². The highest BCUT2D eigenvalue weighted by Gasteiger charge is 2.14. The van der Waals surface area contributed by atoms with Crippen LogP contribution in [0.3, 0.4) is 0 Å². The molecule has 2 aromatic carbocycles. The molecule has 0 aliphatic carbocycles. The topological polar surface area (TPSA) is 80.3 Å². The number of imide groups is 1. The lowest BCUT2D eigenvalue weighted by molar-refractivity contribution is -0.122. The van der Waals surface area contributed by atoms with Crippen LogP contribution in [0.25, 0.3) is 10.9 Å². The van der Waals surface area contributed by atoms with E-state index in [-0.39, 0.29) is 6.61 Å². The maximum atomic E-state index is 12.0. The van der Waals surface area contributed by atoms with Gasteiger partial charge in [0, 0.05) is 18.1 Å². The zero-order valence-corrected chi connectivity index (χ0v) is 17.0. The van der Waals surface area contributed by atoms with Crippen LogP contribution in [0.2, 0.25) is 5.02 Å². The van der Waals surface area contributed by atoms with Gasteiger partial charge in [-0.15, -0.1) is 0 Å². The van der Waals surface area contributed by atoms with Crippen molar-refractivity contribution in [2.75, 3.05) is 6.61 Å². The van der Waals surface area contributed by atoms with Gasteiger partial charge in [-0.2, -0.15) is 0 Å². The van der Waals surface area contributed by atoms with Gasteiger partial charge in [-0.05, 0) is 46.4 Å². The highest BCUT2D eigenvalue weighted by molar-refractivity contribution is 14.1. The van der Waals surface area contributed by atoms with E-state index in [1.807, 2.05) is 36.4 Å². The summed E-state index contributed by atoms with van der Waals surface area (Å²) in [6.45, 7) is 0.00646. The molecule has 0 spiro atoms. The lowest BCUT2D eigenvalue weighted by atomic mass is 10.2. The van der Waals surface area contributed by atoms with Gasteiger partial charge in [0.15, 0.2) is 12.4 Å². The summed E-state index contributed by atoms with van der Waals surface area (Å²) in [5, 5.41) is 6.14. The first-order valence-electron chi connectivity index (χ1n) is 8.01. The molecule has 1 heterocycles. The third-order valence-electron chi connectivity index (χ3n) is 3.65. The van der Waals surface area contributed by atoms with E-state index >= 15 is 0 Å². The fraction of sp³-hybridized carbons (Fsp3) is 0.105. The number of benzene rings is 2. The number of nitrogens with zero attached hydrogens (tertiary/aromatic N) is 1. The predicted molar refractivity (Wildman–Crippen MR) is 112 cm³/mol. The SMILES string of the molecule is O=C(COc1c(I)cc(Cl)c2cccnc12)NC(=O)NCc1ccccc1. The van der Waals surface area contributed by atoms with Crippen LogP contribution in [0, 0.1) is 3.57 Å². The van der Waals surface area contributed by atoms with Crippen molar-refractivity contribution in [2.45, 2.75) is 6.54 Å². The van der Waals surface area contributed by atoms with Crippen molar-refractivity contribution in [3.8, 4) is 5.75 Å². The van der Waals surface area contributed by atoms with Gasteiger partial charge >= 0.3 is 6.03 Å². The first-order chi connectivity index (χ1) is 13.0. The highest BCUT2D eigenvalue weighted by Crippen LogP contribution is 2.34. The summed E-state index contributed by atoms with van der Waals surface area (Å²) >= 11 is 8.28. The molecular weight excluding hydrogens is 481 g/mol. The Hall–Kier alpha value is -2.39. The van der Waals surface area contributed by atoms with Crippen molar-refractivity contribution in [3.63, 3.8) is 0 Å². The second-order valence-electron chi connectivity index (χ2n) is 5.57. The third-order valence-corrected chi connectivity index (χ3v) is 4.76. The normalized spacial score (nSPS) is 10.4. The number of fused-ring (bicyclic) bond motifs is 1. The van der Waals surface area contributed by atoms with Crippen molar-refractivity contribution in [2.24, 2.45) is 0 Å². The van der Waals surface area contributed by atoms with E-state index in [2.05, 4.69) is 38.2 Å². The van der Waals surface area contributed by atoms with Gasteiger partial charge < -0.3 is 10.1 Å². The zero-order valence-electron chi connectivity index (χ0n) is 14.0. The van der Waals surface area contributed by atoms with Crippen LogP contribution in [0.1, 0.15) is 5.56 Å². The number of hydrogen-bond acceptors (Lipinski definition) is 4. The van der Waals surface area contributed by atoms with Gasteiger partial charge in [-0.25, -0.2) is 4.79 Å². The Labute approximate surface area is 174 Å². The summed E-state index contributed by atoms with van der Waals surface area (Å²) in [5.41, 5.74) is 1.50. The Bertz CT molecular complexity index is 983. The third kappa shape index (κ3) is 5.08. The lowest BCUT2D eigenvalue weighted by Gasteiger charge is -2.12. The number of halogens is 2. The minimum absolute atomic E-state index is 0.317. The standard InChI is InChI=1S/C19H15ClIN3O3/c20-14-9-15(21)18(17-13(14)7-4-8-22-17)27-11-16(25)24-19(26)23-10-12-5-2-1-3-6-12/h1-9H,10-11H2,(H2,23,24,25,26). The van der Waals surface area contributed by atoms with E-state index in [1.54, 1.807) is 18.3 Å². The molecule has 0 atom stereocenters. The largest absolute Gasteiger partial charge is 0.480 e. The van der Waals surface area contributed by atoms with Crippen LogP contribution < -0.4 is 15.4 Å². The molecule has 0 aliphatic heterocycles. The van der Waals surface area contributed by atoms with Crippen LogP contribution in [-0.2, 0) is 11.3 Å². The number of pyridine rings is 1. The van der Waals surface area contributed by atoms with E-state index in [0.29, 0.717) is 22.8 Å². The molecule has 3 rings (SSSR count). The summed E-state index contributed by atoms with van der Waals surface area (Å²) in [7, 11) is 0. The van der Waals surface area contributed by atoms with Gasteiger partial charge in [-0.1, -0.05) is 41.9 Å². The van der Waals surface area contributed by atoms with Crippen molar-refractivity contribution in [1.82, 2.24) is 15.6 Å². The van der Waals surface area contributed by atoms with E-state index in [0.717, 1.165) is 14.5 Å². The maximum absolute atomic E-state index is 12.0. The van der Waals surface area contributed by atoms with Crippen LogP contribution in [-0.4, -0.2) is 23.5 Å². The van der Waals surface area contributed by atoms with Gasteiger partial charge in [0.2, 0.25) is 0 Å². The molecule has 0 aliphatic rings. The molecule has 138 valence electrons. The average molecular weight is 496 g/mol. The summed E-state index contributed by atoms with van der Waals surface area (Å²) in [5.74, 6) is -0.106. The number of amides is 3. The molecule has 27 heavy (non-hydrogen) atoms. The highest BCUT2D eigenvalue weighted by atomic mass is 127. The number of carbonyl (C=O) groups is 2. The molecule has 2 N–H and O–H groups in total. The quantitative estimate of drug-likeness (QED) is 0.526. The van der Waals surface area contributed by atoms with E-state index < -0.39 is 11.9 Å². The van der Waals surface area contributed by atoms with Crippen LogP contribution >= 0.6 is 34.2 Å². The number of carbonyl (C=O) groups excluding carboxylic acids is 2. The Morgan fingerprint density at radius 2 is 1.93 bits per heavy atom. The fourth-order valence-corrected chi connectivity index (χ4v) is 3.58. The molecule has 3 amide bonds. The Balaban J connectivity index is 1.58. The average Bonchev–Trinajstić information content (AvgIpc) is 2.67. The van der Waals surface area contributed by atoms with Gasteiger partial charge in [0.1, 0.15) is 5.52 Å². The van der Waals surface area contributed by atoms with Crippen molar-refractivity contribution < 1.29 is 14.3 Å². The first kappa shape index (κ1) is 19.4. The Morgan fingerprint density at radius 1 is 1.15 bits per heavy atom. The summed E-state index contributed by atoms with van der Waals surface area (Å²) in [6, 6.07) is 14.2. The monoisotopic (exact) mass is 495 g/mol. The van der Waals surface area contributed by atoms with Crippen LogP contribution in [0.4, 0.5) is 4.79 Å². The second-order valence-corrected chi connectivity index (χ2v) is 7.14. The van der Waals surface area contributed by atoms with Crippen molar-refractivity contribution in [3.05, 3.63) is 68.9 Å². The summed E-state index contributed by atoms with van der Waals surface area (Å²) < 4.78 is 6.34. The minimum Gasteiger partial charge on any atom is -0.480 e. The number of ether oxygens (including phenoxy) is 1. The number of urea groups is 1. The van der Waals surface area contributed by atoms with Crippen molar-refractivity contribution >= 4 is 57.0 Å². The van der Waals surface area contributed by atoms with Gasteiger partial charge in [0.25, 0.3) is 5.91 Å². The molecule has 0 saturated heterocycles. The maximum Gasteiger partial charge on any atom is 0.321 e. The molecule has 0 fully saturated rings. The van der Waals surface area contributed by atoms with Gasteiger partial charge in [-0.3, -0.25) is 15.1 Å². The Kier molecular flexibility index (Phi) is 6.46. The van der Waals surface area contributed by atoms with E-state index in [1.165, 1.54) is 0 Å². The molecule has 0 unspecified atom stereocenters. The number of hydrogen-bond donors (Lipinski definition) is 2. The van der Waals surface area contributed by atoms with Gasteiger partial charge in [0.05, 0.1) is 8.59 Å². The van der Waals surface area contributed by atoms with Crippen LogP contribution in [0.15, 0.2) is 54.7 Å². The van der Waals surface area contributed by atoms with E-state index in [9.17, 15) is 9.59 Å². The zero-order chi connectivity index (χ0) is 19.2. The summed E-state index contributed by atoms with van der Waals surface area (Å²) in [4.78, 5) is 28.1. The molecule has 0 saturated carbocycles. The number of nitrogens with one attached hydrogen (secondary N) is 2. The molecule has 1 aromatic heterocycles.